The number of carbonyl (C=O) groups is 1. The third kappa shape index (κ3) is 2.50. The largest absolute Gasteiger partial charge is 0.335 e. The Morgan fingerprint density at radius 1 is 0.963 bits per heavy atom. The highest BCUT2D eigenvalue weighted by Gasteiger charge is 2.49. The fourth-order valence-electron chi connectivity index (χ4n) is 7.37. The summed E-state index contributed by atoms with van der Waals surface area (Å²) in [6, 6.07) is 9.42. The van der Waals surface area contributed by atoms with Gasteiger partial charge in [-0.15, -0.1) is 0 Å². The van der Waals surface area contributed by atoms with Gasteiger partial charge in [-0.1, -0.05) is 36.4 Å². The standard InChI is InChI=1S/C24H30N2O/c27-23(25-22-19-12-16-11-17(14-19)15-20(22)13-16)26-9-7-24(8-10-26)6-5-18-3-1-2-4-21(18)24/h1-6,16-17,19-20,22H,7-15H2,(H,25,27). The highest BCUT2D eigenvalue weighted by molar-refractivity contribution is 5.75. The number of likely N-dealkylation sites (tertiary alicyclic amines) is 1. The molecule has 0 aromatic heterocycles. The molecule has 6 aliphatic rings. The number of urea groups is 1. The Morgan fingerprint density at radius 3 is 2.33 bits per heavy atom. The smallest absolute Gasteiger partial charge is 0.317 e. The Bertz CT molecular complexity index is 761. The molecule has 5 fully saturated rings. The lowest BCUT2D eigenvalue weighted by atomic mass is 9.54. The molecule has 1 heterocycles. The van der Waals surface area contributed by atoms with Gasteiger partial charge in [0.1, 0.15) is 0 Å². The molecule has 3 nitrogen and oxygen atoms in total. The molecule has 4 bridgehead atoms. The SMILES string of the molecule is O=C(NC1C2CC3CC(C2)CC1C3)N1CCC2(C=Cc3ccccc32)CC1. The number of piperidine rings is 1. The third-order valence-corrected chi connectivity index (χ3v) is 8.54. The van der Waals surface area contributed by atoms with E-state index < -0.39 is 0 Å². The van der Waals surface area contributed by atoms with Crippen LogP contribution in [0.3, 0.4) is 0 Å². The van der Waals surface area contributed by atoms with E-state index in [1.807, 2.05) is 0 Å². The van der Waals surface area contributed by atoms with Gasteiger partial charge in [0.05, 0.1) is 0 Å². The summed E-state index contributed by atoms with van der Waals surface area (Å²) in [4.78, 5) is 15.1. The zero-order valence-corrected chi connectivity index (χ0v) is 16.1. The molecule has 0 unspecified atom stereocenters. The second-order valence-electron chi connectivity index (χ2n) is 9.97. The van der Waals surface area contributed by atoms with E-state index >= 15 is 0 Å². The van der Waals surface area contributed by atoms with Gasteiger partial charge in [0, 0.05) is 24.5 Å². The van der Waals surface area contributed by atoms with Crippen molar-refractivity contribution in [2.24, 2.45) is 23.7 Å². The lowest BCUT2D eigenvalue weighted by molar-refractivity contribution is -0.0114. The van der Waals surface area contributed by atoms with Crippen LogP contribution in [0.15, 0.2) is 30.3 Å². The van der Waals surface area contributed by atoms with E-state index in [0.717, 1.165) is 49.6 Å². The van der Waals surface area contributed by atoms with Crippen LogP contribution in [0.1, 0.15) is 56.1 Å². The molecule has 7 rings (SSSR count). The zero-order valence-electron chi connectivity index (χ0n) is 16.1. The molecule has 5 aliphatic carbocycles. The summed E-state index contributed by atoms with van der Waals surface area (Å²) in [5.41, 5.74) is 2.99. The number of carbonyl (C=O) groups excluding carboxylic acids is 1. The number of nitrogens with one attached hydrogen (secondary N) is 1. The van der Waals surface area contributed by atoms with Gasteiger partial charge < -0.3 is 10.2 Å². The third-order valence-electron chi connectivity index (χ3n) is 8.54. The molecule has 2 amide bonds. The Balaban J connectivity index is 1.12. The number of nitrogens with zero attached hydrogens (tertiary/aromatic N) is 1. The molecule has 1 spiro atoms. The van der Waals surface area contributed by atoms with Crippen molar-refractivity contribution in [3.63, 3.8) is 0 Å². The van der Waals surface area contributed by atoms with Crippen molar-refractivity contribution in [1.82, 2.24) is 10.2 Å². The number of allylic oxidation sites excluding steroid dienone is 1. The molecule has 1 N–H and O–H groups in total. The number of hydrogen-bond acceptors (Lipinski definition) is 1. The molecular formula is C24H30N2O. The van der Waals surface area contributed by atoms with Crippen molar-refractivity contribution in [2.75, 3.05) is 13.1 Å². The van der Waals surface area contributed by atoms with E-state index in [4.69, 9.17) is 0 Å². The van der Waals surface area contributed by atoms with Crippen LogP contribution in [0.4, 0.5) is 4.79 Å². The minimum absolute atomic E-state index is 0.163. The summed E-state index contributed by atoms with van der Waals surface area (Å²) < 4.78 is 0. The quantitative estimate of drug-likeness (QED) is 0.779. The molecule has 1 aliphatic heterocycles. The van der Waals surface area contributed by atoms with Crippen molar-refractivity contribution in [3.8, 4) is 0 Å². The first-order valence-corrected chi connectivity index (χ1v) is 11.0. The topological polar surface area (TPSA) is 32.3 Å². The van der Waals surface area contributed by atoms with Gasteiger partial charge >= 0.3 is 6.03 Å². The summed E-state index contributed by atoms with van der Waals surface area (Å²) in [6.45, 7) is 1.75. The van der Waals surface area contributed by atoms with Crippen molar-refractivity contribution < 1.29 is 4.79 Å². The van der Waals surface area contributed by atoms with Crippen LogP contribution in [-0.2, 0) is 5.41 Å². The maximum Gasteiger partial charge on any atom is 0.317 e. The van der Waals surface area contributed by atoms with E-state index in [1.54, 1.807) is 0 Å². The second kappa shape index (κ2) is 5.86. The Kier molecular flexibility index (Phi) is 3.52. The molecule has 1 aromatic carbocycles. The lowest BCUT2D eigenvalue weighted by Crippen LogP contribution is -2.59. The predicted molar refractivity (Wildman–Crippen MR) is 107 cm³/mol. The summed E-state index contributed by atoms with van der Waals surface area (Å²) in [7, 11) is 0. The number of amides is 2. The zero-order chi connectivity index (χ0) is 18.0. The van der Waals surface area contributed by atoms with Gasteiger partial charge in [0.25, 0.3) is 0 Å². The average molecular weight is 363 g/mol. The first-order chi connectivity index (χ1) is 13.2. The maximum atomic E-state index is 13.0. The summed E-state index contributed by atoms with van der Waals surface area (Å²) >= 11 is 0. The summed E-state index contributed by atoms with van der Waals surface area (Å²) in [5, 5.41) is 3.50. The molecule has 1 aromatic rings. The fourth-order valence-corrected chi connectivity index (χ4v) is 7.37. The Labute approximate surface area is 162 Å². The van der Waals surface area contributed by atoms with Gasteiger partial charge in [0.15, 0.2) is 0 Å². The van der Waals surface area contributed by atoms with Crippen molar-refractivity contribution in [1.29, 1.82) is 0 Å². The monoisotopic (exact) mass is 362 g/mol. The summed E-state index contributed by atoms with van der Waals surface area (Å²) in [6.07, 6.45) is 13.7. The number of hydrogen-bond donors (Lipinski definition) is 1. The van der Waals surface area contributed by atoms with Crippen molar-refractivity contribution >= 4 is 12.1 Å². The molecule has 142 valence electrons. The van der Waals surface area contributed by atoms with Crippen molar-refractivity contribution in [3.05, 3.63) is 41.5 Å². The highest BCUT2D eigenvalue weighted by Crippen LogP contribution is 2.53. The minimum atomic E-state index is 0.163. The van der Waals surface area contributed by atoms with E-state index in [1.165, 1.54) is 43.2 Å². The first-order valence-electron chi connectivity index (χ1n) is 11.0. The van der Waals surface area contributed by atoms with Crippen LogP contribution in [0, 0.1) is 23.7 Å². The Morgan fingerprint density at radius 2 is 1.63 bits per heavy atom. The van der Waals surface area contributed by atoms with Gasteiger partial charge in [-0.05, 0) is 79.7 Å². The molecule has 4 saturated carbocycles. The van der Waals surface area contributed by atoms with Gasteiger partial charge in [-0.25, -0.2) is 4.79 Å². The van der Waals surface area contributed by atoms with Crippen LogP contribution in [0.25, 0.3) is 6.08 Å². The highest BCUT2D eigenvalue weighted by atomic mass is 16.2. The van der Waals surface area contributed by atoms with Gasteiger partial charge in [-0.2, -0.15) is 0 Å². The Hall–Kier alpha value is -1.77. The van der Waals surface area contributed by atoms with Crippen LogP contribution >= 0.6 is 0 Å². The van der Waals surface area contributed by atoms with Crippen LogP contribution in [-0.4, -0.2) is 30.1 Å². The van der Waals surface area contributed by atoms with Crippen LogP contribution in [0.5, 0.6) is 0 Å². The normalized spacial score (nSPS) is 37.6. The van der Waals surface area contributed by atoms with Crippen molar-refractivity contribution in [2.45, 2.75) is 56.4 Å². The van der Waals surface area contributed by atoms with Gasteiger partial charge in [-0.3, -0.25) is 0 Å². The number of fused-ring (bicyclic) bond motifs is 2. The second-order valence-corrected chi connectivity index (χ2v) is 9.97. The van der Waals surface area contributed by atoms with Gasteiger partial charge in [0.2, 0.25) is 0 Å². The first kappa shape index (κ1) is 16.2. The molecule has 1 saturated heterocycles. The van der Waals surface area contributed by atoms with E-state index in [2.05, 4.69) is 46.6 Å². The van der Waals surface area contributed by atoms with Crippen LogP contribution < -0.4 is 5.32 Å². The predicted octanol–water partition coefficient (Wildman–Crippen LogP) is 4.58. The molecule has 0 radical (unpaired) electrons. The van der Waals surface area contributed by atoms with E-state index in [9.17, 15) is 4.79 Å². The average Bonchev–Trinajstić information content (AvgIpc) is 3.03. The minimum Gasteiger partial charge on any atom is -0.335 e. The maximum absolute atomic E-state index is 13.0. The molecule has 27 heavy (non-hydrogen) atoms. The van der Waals surface area contributed by atoms with Crippen LogP contribution in [0.2, 0.25) is 0 Å². The fraction of sp³-hybridized carbons (Fsp3) is 0.625. The molecule has 0 atom stereocenters. The summed E-state index contributed by atoms with van der Waals surface area (Å²) in [5.74, 6) is 3.44. The number of benzene rings is 1. The van der Waals surface area contributed by atoms with E-state index in [0.29, 0.717) is 6.04 Å². The lowest BCUT2D eigenvalue weighted by Gasteiger charge is -2.54. The molecular weight excluding hydrogens is 332 g/mol. The molecule has 3 heteroatoms. The number of rotatable bonds is 1. The van der Waals surface area contributed by atoms with E-state index in [-0.39, 0.29) is 11.4 Å².